The first-order valence-corrected chi connectivity index (χ1v) is 6.75. The Morgan fingerprint density at radius 2 is 2.00 bits per heavy atom. The Morgan fingerprint density at radius 1 is 1.29 bits per heavy atom. The number of carbonyl (C=O) groups excluding carboxylic acids is 1. The number of carboxylic acids is 1. The lowest BCUT2D eigenvalue weighted by Gasteiger charge is -2.24. The number of carbonyl (C=O) groups is 2. The van der Waals surface area contributed by atoms with Gasteiger partial charge >= 0.3 is 5.97 Å². The lowest BCUT2D eigenvalue weighted by atomic mass is 10.0. The summed E-state index contributed by atoms with van der Waals surface area (Å²) < 4.78 is 10.3. The van der Waals surface area contributed by atoms with Crippen molar-refractivity contribution in [1.82, 2.24) is 4.90 Å². The molecule has 6 nitrogen and oxygen atoms in total. The minimum absolute atomic E-state index is 0.0666. The van der Waals surface area contributed by atoms with Gasteiger partial charge in [-0.25, -0.2) is 4.79 Å². The quantitative estimate of drug-likeness (QED) is 0.913. The first kappa shape index (κ1) is 15.2. The van der Waals surface area contributed by atoms with Gasteiger partial charge in [-0.2, -0.15) is 0 Å². The summed E-state index contributed by atoms with van der Waals surface area (Å²) in [6.07, 6.45) is 0.676. The molecule has 1 heterocycles. The third-order valence-electron chi connectivity index (χ3n) is 3.85. The van der Waals surface area contributed by atoms with E-state index in [0.29, 0.717) is 30.0 Å². The van der Waals surface area contributed by atoms with E-state index in [4.69, 9.17) is 9.47 Å². The number of rotatable bonds is 4. The van der Waals surface area contributed by atoms with Crippen molar-refractivity contribution in [2.45, 2.75) is 19.4 Å². The molecule has 6 heteroatoms. The fourth-order valence-electron chi connectivity index (χ4n) is 2.69. The Kier molecular flexibility index (Phi) is 4.35. The number of benzene rings is 1. The van der Waals surface area contributed by atoms with Crippen molar-refractivity contribution in [1.29, 1.82) is 0 Å². The molecule has 1 aliphatic heterocycles. The number of likely N-dealkylation sites (tertiary alicyclic amines) is 1. The Balaban J connectivity index is 2.37. The molecular formula is C15H19NO5. The van der Waals surface area contributed by atoms with E-state index in [-0.39, 0.29) is 11.8 Å². The van der Waals surface area contributed by atoms with Crippen LogP contribution in [0.3, 0.4) is 0 Å². The third kappa shape index (κ3) is 2.79. The number of hydrogen-bond donors (Lipinski definition) is 1. The van der Waals surface area contributed by atoms with Gasteiger partial charge in [0.05, 0.1) is 19.8 Å². The monoisotopic (exact) mass is 293 g/mol. The molecule has 0 aliphatic carbocycles. The second-order valence-corrected chi connectivity index (χ2v) is 5.11. The van der Waals surface area contributed by atoms with Gasteiger partial charge in [0.1, 0.15) is 17.5 Å². The van der Waals surface area contributed by atoms with Gasteiger partial charge in [0.15, 0.2) is 0 Å². The van der Waals surface area contributed by atoms with Crippen LogP contribution >= 0.6 is 0 Å². The van der Waals surface area contributed by atoms with E-state index in [2.05, 4.69) is 0 Å². The van der Waals surface area contributed by atoms with Gasteiger partial charge in [0.25, 0.3) is 5.91 Å². The van der Waals surface area contributed by atoms with Gasteiger partial charge in [-0.15, -0.1) is 0 Å². The van der Waals surface area contributed by atoms with Crippen LogP contribution in [0.2, 0.25) is 0 Å². The molecule has 0 bridgehead atoms. The van der Waals surface area contributed by atoms with Crippen LogP contribution in [0.25, 0.3) is 0 Å². The highest BCUT2D eigenvalue weighted by molar-refractivity contribution is 5.99. The van der Waals surface area contributed by atoms with Crippen molar-refractivity contribution >= 4 is 11.9 Å². The van der Waals surface area contributed by atoms with Gasteiger partial charge in [0.2, 0.25) is 0 Å². The Morgan fingerprint density at radius 3 is 2.57 bits per heavy atom. The molecule has 21 heavy (non-hydrogen) atoms. The molecular weight excluding hydrogens is 274 g/mol. The van der Waals surface area contributed by atoms with Crippen LogP contribution in [0.4, 0.5) is 0 Å². The van der Waals surface area contributed by atoms with Crippen LogP contribution in [0.1, 0.15) is 23.7 Å². The minimum atomic E-state index is -0.977. The second kappa shape index (κ2) is 6.03. The average Bonchev–Trinajstić information content (AvgIpc) is 2.87. The molecule has 1 fully saturated rings. The fraction of sp³-hybridized carbons (Fsp3) is 0.467. The largest absolute Gasteiger partial charge is 0.497 e. The maximum absolute atomic E-state index is 12.7. The summed E-state index contributed by atoms with van der Waals surface area (Å²) in [7, 11) is 2.98. The maximum Gasteiger partial charge on any atom is 0.326 e. The van der Waals surface area contributed by atoms with Gasteiger partial charge in [0, 0.05) is 6.54 Å². The average molecular weight is 293 g/mol. The molecule has 1 aromatic carbocycles. The molecule has 1 N–H and O–H groups in total. The molecule has 0 spiro atoms. The molecule has 1 aromatic rings. The molecule has 114 valence electrons. The van der Waals surface area contributed by atoms with E-state index < -0.39 is 12.0 Å². The number of ether oxygens (including phenoxy) is 2. The van der Waals surface area contributed by atoms with Gasteiger partial charge < -0.3 is 19.5 Å². The smallest absolute Gasteiger partial charge is 0.326 e. The summed E-state index contributed by atoms with van der Waals surface area (Å²) in [5.74, 6) is -0.455. The molecule has 1 amide bonds. The summed E-state index contributed by atoms with van der Waals surface area (Å²) in [5, 5.41) is 9.33. The normalized spacial score (nSPS) is 21.2. The first-order valence-electron chi connectivity index (χ1n) is 6.75. The standard InChI is InChI=1S/C15H19NO5/c1-9-6-7-16(13(9)15(18)19)14(17)11-8-10(20-2)4-5-12(11)21-3/h4-5,8-9,13H,6-7H2,1-3H3,(H,18,19). The van der Waals surface area contributed by atoms with E-state index in [0.717, 1.165) is 0 Å². The number of hydrogen-bond acceptors (Lipinski definition) is 4. The fourth-order valence-corrected chi connectivity index (χ4v) is 2.69. The molecule has 0 saturated carbocycles. The number of amides is 1. The highest BCUT2D eigenvalue weighted by Crippen LogP contribution is 2.30. The van der Waals surface area contributed by atoms with Gasteiger partial charge in [-0.05, 0) is 30.5 Å². The van der Waals surface area contributed by atoms with E-state index in [9.17, 15) is 14.7 Å². The maximum atomic E-state index is 12.7. The molecule has 2 atom stereocenters. The summed E-state index contributed by atoms with van der Waals surface area (Å²) in [4.78, 5) is 25.5. The summed E-state index contributed by atoms with van der Waals surface area (Å²) in [6, 6.07) is 4.11. The van der Waals surface area contributed by atoms with Crippen molar-refractivity contribution in [3.05, 3.63) is 23.8 Å². The summed E-state index contributed by atoms with van der Waals surface area (Å²) in [6.45, 7) is 2.27. The number of carboxylic acid groups (broad SMARTS) is 1. The minimum Gasteiger partial charge on any atom is -0.497 e. The predicted octanol–water partition coefficient (Wildman–Crippen LogP) is 1.64. The zero-order valence-electron chi connectivity index (χ0n) is 12.3. The Labute approximate surface area is 123 Å². The molecule has 0 radical (unpaired) electrons. The summed E-state index contributed by atoms with van der Waals surface area (Å²) >= 11 is 0. The van der Waals surface area contributed by atoms with Crippen molar-refractivity contribution < 1.29 is 24.2 Å². The van der Waals surface area contributed by atoms with Crippen LogP contribution < -0.4 is 9.47 Å². The number of aliphatic carboxylic acids is 1. The second-order valence-electron chi connectivity index (χ2n) is 5.11. The van der Waals surface area contributed by atoms with Crippen LogP contribution in [-0.2, 0) is 4.79 Å². The number of nitrogens with zero attached hydrogens (tertiary/aromatic N) is 1. The molecule has 1 saturated heterocycles. The topological polar surface area (TPSA) is 76.1 Å². The van der Waals surface area contributed by atoms with Crippen LogP contribution in [0.5, 0.6) is 11.5 Å². The highest BCUT2D eigenvalue weighted by atomic mass is 16.5. The number of methoxy groups -OCH3 is 2. The van der Waals surface area contributed by atoms with E-state index in [1.54, 1.807) is 18.2 Å². The van der Waals surface area contributed by atoms with Gasteiger partial charge in [-0.1, -0.05) is 6.92 Å². The van der Waals surface area contributed by atoms with E-state index in [1.807, 2.05) is 6.92 Å². The predicted molar refractivity (Wildman–Crippen MR) is 75.8 cm³/mol. The molecule has 0 aromatic heterocycles. The first-order chi connectivity index (χ1) is 9.99. The zero-order chi connectivity index (χ0) is 15.6. The van der Waals surface area contributed by atoms with Gasteiger partial charge in [-0.3, -0.25) is 4.79 Å². The lowest BCUT2D eigenvalue weighted by molar-refractivity contribution is -0.142. The zero-order valence-corrected chi connectivity index (χ0v) is 12.3. The van der Waals surface area contributed by atoms with Crippen molar-refractivity contribution in [3.63, 3.8) is 0 Å². The van der Waals surface area contributed by atoms with Crippen molar-refractivity contribution in [2.24, 2.45) is 5.92 Å². The third-order valence-corrected chi connectivity index (χ3v) is 3.85. The van der Waals surface area contributed by atoms with E-state index in [1.165, 1.54) is 19.1 Å². The van der Waals surface area contributed by atoms with Crippen LogP contribution in [0.15, 0.2) is 18.2 Å². The molecule has 2 rings (SSSR count). The highest BCUT2D eigenvalue weighted by Gasteiger charge is 2.40. The van der Waals surface area contributed by atoms with E-state index >= 15 is 0 Å². The molecule has 2 unspecified atom stereocenters. The lowest BCUT2D eigenvalue weighted by Crippen LogP contribution is -2.42. The van der Waals surface area contributed by atoms with Crippen molar-refractivity contribution in [3.8, 4) is 11.5 Å². The van der Waals surface area contributed by atoms with Crippen LogP contribution in [0, 0.1) is 5.92 Å². The summed E-state index contributed by atoms with van der Waals surface area (Å²) in [5.41, 5.74) is 0.317. The van der Waals surface area contributed by atoms with Crippen molar-refractivity contribution in [2.75, 3.05) is 20.8 Å². The van der Waals surface area contributed by atoms with Crippen LogP contribution in [-0.4, -0.2) is 48.7 Å². The Bertz CT molecular complexity index is 557. The molecule has 1 aliphatic rings. The SMILES string of the molecule is COc1ccc(OC)c(C(=O)N2CCC(C)C2C(=O)O)c1. The Hall–Kier alpha value is -2.24.